The minimum atomic E-state index is 0.102. The standard InChI is InChI=1S/C17H25N5O/c1-12(2)10-15(23)19-8-9-22-17-14(4-3-6-20-17)16(21-22)13-5-7-18-11-13/h3-4,6,12-13,18H,5,7-11H2,1-2H3,(H,19,23). The summed E-state index contributed by atoms with van der Waals surface area (Å²) >= 11 is 0. The molecule has 0 bridgehead atoms. The normalized spacial score (nSPS) is 18.0. The molecule has 23 heavy (non-hydrogen) atoms. The molecule has 1 aliphatic heterocycles. The summed E-state index contributed by atoms with van der Waals surface area (Å²) in [6.07, 6.45) is 3.48. The van der Waals surface area contributed by atoms with Crippen molar-refractivity contribution in [2.24, 2.45) is 5.92 Å². The molecule has 3 heterocycles. The number of fused-ring (bicyclic) bond motifs is 1. The first-order valence-corrected chi connectivity index (χ1v) is 8.44. The van der Waals surface area contributed by atoms with E-state index in [4.69, 9.17) is 5.10 Å². The molecule has 2 aromatic rings. The molecule has 1 aliphatic rings. The van der Waals surface area contributed by atoms with E-state index in [1.807, 2.05) is 24.6 Å². The van der Waals surface area contributed by atoms with Gasteiger partial charge >= 0.3 is 0 Å². The second-order valence-electron chi connectivity index (χ2n) is 6.62. The number of hydrogen-bond donors (Lipinski definition) is 2. The maximum Gasteiger partial charge on any atom is 0.220 e. The molecule has 2 N–H and O–H groups in total. The molecule has 1 saturated heterocycles. The number of nitrogens with one attached hydrogen (secondary N) is 2. The summed E-state index contributed by atoms with van der Waals surface area (Å²) in [5.41, 5.74) is 2.04. The zero-order chi connectivity index (χ0) is 16.2. The molecule has 1 unspecified atom stereocenters. The molecular formula is C17H25N5O. The highest BCUT2D eigenvalue weighted by atomic mass is 16.1. The van der Waals surface area contributed by atoms with E-state index in [1.54, 1.807) is 6.20 Å². The predicted octanol–water partition coefficient (Wildman–Crippen LogP) is 1.67. The van der Waals surface area contributed by atoms with Crippen LogP contribution in [0.2, 0.25) is 0 Å². The summed E-state index contributed by atoms with van der Waals surface area (Å²) in [6.45, 7) is 7.36. The zero-order valence-corrected chi connectivity index (χ0v) is 13.9. The van der Waals surface area contributed by atoms with Crippen molar-refractivity contribution < 1.29 is 4.79 Å². The van der Waals surface area contributed by atoms with E-state index < -0.39 is 0 Å². The highest BCUT2D eigenvalue weighted by Gasteiger charge is 2.23. The van der Waals surface area contributed by atoms with E-state index >= 15 is 0 Å². The Labute approximate surface area is 136 Å². The number of carbonyl (C=O) groups excluding carboxylic acids is 1. The predicted molar refractivity (Wildman–Crippen MR) is 90.2 cm³/mol. The van der Waals surface area contributed by atoms with Crippen molar-refractivity contribution in [2.45, 2.75) is 39.2 Å². The van der Waals surface area contributed by atoms with E-state index in [2.05, 4.69) is 21.7 Å². The molecule has 1 amide bonds. The minimum Gasteiger partial charge on any atom is -0.354 e. The third-order valence-corrected chi connectivity index (χ3v) is 4.22. The first-order chi connectivity index (χ1) is 11.1. The van der Waals surface area contributed by atoms with Gasteiger partial charge in [-0.2, -0.15) is 5.10 Å². The van der Waals surface area contributed by atoms with Crippen molar-refractivity contribution in [3.05, 3.63) is 24.0 Å². The van der Waals surface area contributed by atoms with E-state index in [0.717, 1.165) is 36.2 Å². The van der Waals surface area contributed by atoms with Gasteiger partial charge in [-0.1, -0.05) is 13.8 Å². The Kier molecular flexibility index (Phi) is 4.91. The molecule has 1 fully saturated rings. The molecule has 3 rings (SSSR count). The Morgan fingerprint density at radius 2 is 2.39 bits per heavy atom. The van der Waals surface area contributed by atoms with Crippen molar-refractivity contribution in [1.82, 2.24) is 25.4 Å². The van der Waals surface area contributed by atoms with Gasteiger partial charge < -0.3 is 10.6 Å². The van der Waals surface area contributed by atoms with E-state index in [9.17, 15) is 4.79 Å². The average molecular weight is 315 g/mol. The molecule has 6 heteroatoms. The van der Waals surface area contributed by atoms with Gasteiger partial charge in [0.1, 0.15) is 0 Å². The summed E-state index contributed by atoms with van der Waals surface area (Å²) in [7, 11) is 0. The van der Waals surface area contributed by atoms with Gasteiger partial charge in [0.15, 0.2) is 5.65 Å². The fourth-order valence-electron chi connectivity index (χ4n) is 3.12. The third kappa shape index (κ3) is 3.69. The number of pyridine rings is 1. The molecule has 2 aromatic heterocycles. The van der Waals surface area contributed by atoms with E-state index in [1.165, 1.54) is 0 Å². The highest BCUT2D eigenvalue weighted by Crippen LogP contribution is 2.27. The van der Waals surface area contributed by atoms with Crippen LogP contribution < -0.4 is 10.6 Å². The number of aromatic nitrogens is 3. The van der Waals surface area contributed by atoms with Gasteiger partial charge in [0.05, 0.1) is 12.2 Å². The number of nitrogens with zero attached hydrogens (tertiary/aromatic N) is 3. The molecule has 6 nitrogen and oxygen atoms in total. The van der Waals surface area contributed by atoms with Crippen LogP contribution in [0, 0.1) is 5.92 Å². The SMILES string of the molecule is CC(C)CC(=O)NCCn1nc(C2CCNC2)c2cccnc21. The molecule has 0 aromatic carbocycles. The van der Waals surface area contributed by atoms with Crippen LogP contribution in [-0.2, 0) is 11.3 Å². The van der Waals surface area contributed by atoms with Crippen molar-refractivity contribution >= 4 is 16.9 Å². The summed E-state index contributed by atoms with van der Waals surface area (Å²) < 4.78 is 1.93. The monoisotopic (exact) mass is 315 g/mol. The van der Waals surface area contributed by atoms with Crippen LogP contribution in [0.15, 0.2) is 18.3 Å². The van der Waals surface area contributed by atoms with Crippen LogP contribution in [0.5, 0.6) is 0 Å². The summed E-state index contributed by atoms with van der Waals surface area (Å²) in [4.78, 5) is 16.2. The van der Waals surface area contributed by atoms with Gasteiger partial charge in [0.2, 0.25) is 5.91 Å². The number of rotatable bonds is 6. The van der Waals surface area contributed by atoms with Gasteiger partial charge in [-0.3, -0.25) is 4.79 Å². The maximum absolute atomic E-state index is 11.8. The van der Waals surface area contributed by atoms with Gasteiger partial charge in [-0.05, 0) is 31.0 Å². The molecule has 0 radical (unpaired) electrons. The molecule has 0 saturated carbocycles. The number of hydrogen-bond acceptors (Lipinski definition) is 4. The lowest BCUT2D eigenvalue weighted by Crippen LogP contribution is -2.28. The fourth-order valence-corrected chi connectivity index (χ4v) is 3.12. The maximum atomic E-state index is 11.8. The second kappa shape index (κ2) is 7.08. The van der Waals surface area contributed by atoms with Crippen LogP contribution in [0.4, 0.5) is 0 Å². The molecule has 124 valence electrons. The Hall–Kier alpha value is -1.95. The van der Waals surface area contributed by atoms with Crippen molar-refractivity contribution in [2.75, 3.05) is 19.6 Å². The third-order valence-electron chi connectivity index (χ3n) is 4.22. The fraction of sp³-hybridized carbons (Fsp3) is 0.588. The smallest absolute Gasteiger partial charge is 0.220 e. The average Bonchev–Trinajstić information content (AvgIpc) is 3.14. The largest absolute Gasteiger partial charge is 0.354 e. The first kappa shape index (κ1) is 15.9. The Morgan fingerprint density at radius 1 is 1.52 bits per heavy atom. The van der Waals surface area contributed by atoms with Gasteiger partial charge in [-0.15, -0.1) is 0 Å². The van der Waals surface area contributed by atoms with Gasteiger partial charge in [-0.25, -0.2) is 9.67 Å². The van der Waals surface area contributed by atoms with Gasteiger partial charge in [0, 0.05) is 37.0 Å². The second-order valence-corrected chi connectivity index (χ2v) is 6.62. The zero-order valence-electron chi connectivity index (χ0n) is 13.9. The summed E-state index contributed by atoms with van der Waals surface area (Å²) in [5.74, 6) is 0.937. The number of amides is 1. The number of carbonyl (C=O) groups is 1. The first-order valence-electron chi connectivity index (χ1n) is 8.44. The van der Waals surface area contributed by atoms with Crippen LogP contribution >= 0.6 is 0 Å². The molecular weight excluding hydrogens is 290 g/mol. The topological polar surface area (TPSA) is 71.8 Å². The molecule has 0 spiro atoms. The van der Waals surface area contributed by atoms with E-state index in [-0.39, 0.29) is 5.91 Å². The molecule has 1 atom stereocenters. The van der Waals surface area contributed by atoms with Crippen LogP contribution in [-0.4, -0.2) is 40.3 Å². The van der Waals surface area contributed by atoms with Crippen LogP contribution in [0.3, 0.4) is 0 Å². The van der Waals surface area contributed by atoms with Crippen LogP contribution in [0.25, 0.3) is 11.0 Å². The van der Waals surface area contributed by atoms with Crippen LogP contribution in [0.1, 0.15) is 38.3 Å². The Bertz CT molecular complexity index is 673. The Balaban J connectivity index is 1.72. The van der Waals surface area contributed by atoms with Crippen molar-refractivity contribution in [1.29, 1.82) is 0 Å². The van der Waals surface area contributed by atoms with Gasteiger partial charge in [0.25, 0.3) is 0 Å². The lowest BCUT2D eigenvalue weighted by atomic mass is 10.0. The quantitative estimate of drug-likeness (QED) is 0.850. The summed E-state index contributed by atoms with van der Waals surface area (Å²) in [5, 5.41) is 12.3. The highest BCUT2D eigenvalue weighted by molar-refractivity contribution is 5.79. The minimum absolute atomic E-state index is 0.102. The Morgan fingerprint density at radius 3 is 3.13 bits per heavy atom. The lowest BCUT2D eigenvalue weighted by Gasteiger charge is -2.07. The lowest BCUT2D eigenvalue weighted by molar-refractivity contribution is -0.121. The molecule has 0 aliphatic carbocycles. The van der Waals surface area contributed by atoms with Crippen molar-refractivity contribution in [3.63, 3.8) is 0 Å². The summed E-state index contributed by atoms with van der Waals surface area (Å²) in [6, 6.07) is 4.06. The van der Waals surface area contributed by atoms with E-state index in [0.29, 0.717) is 31.3 Å². The van der Waals surface area contributed by atoms with Crippen molar-refractivity contribution in [3.8, 4) is 0 Å².